The molecule has 7 heteroatoms. The summed E-state index contributed by atoms with van der Waals surface area (Å²) in [4.78, 5) is 15.0. The van der Waals surface area contributed by atoms with Gasteiger partial charge in [-0.05, 0) is 36.5 Å². The average Bonchev–Trinajstić information content (AvgIpc) is 3.43. The number of sulfonamides is 1. The number of benzene rings is 2. The molecule has 166 valence electrons. The normalized spacial score (nSPS) is 22.3. The fraction of sp³-hybridized carbons (Fsp3) is 0.458. The predicted molar refractivity (Wildman–Crippen MR) is 124 cm³/mol. The van der Waals surface area contributed by atoms with Crippen molar-refractivity contribution in [1.29, 1.82) is 0 Å². The molecular formula is C24H29ClN2O3S. The van der Waals surface area contributed by atoms with E-state index in [9.17, 15) is 13.2 Å². The molecular weight excluding hydrogens is 432 g/mol. The maximum atomic E-state index is 13.0. The van der Waals surface area contributed by atoms with Gasteiger partial charge in [-0.2, -0.15) is 0 Å². The Morgan fingerprint density at radius 1 is 1.19 bits per heavy atom. The number of rotatable bonds is 6. The minimum Gasteiger partial charge on any atom is -0.337 e. The van der Waals surface area contributed by atoms with E-state index in [0.717, 1.165) is 29.5 Å². The van der Waals surface area contributed by atoms with Crippen molar-refractivity contribution in [3.8, 4) is 11.1 Å². The van der Waals surface area contributed by atoms with E-state index in [0.29, 0.717) is 18.0 Å². The number of halogens is 1. The maximum Gasteiger partial charge on any atom is 0.225 e. The van der Waals surface area contributed by atoms with Gasteiger partial charge in [-0.1, -0.05) is 67.9 Å². The summed E-state index contributed by atoms with van der Waals surface area (Å²) < 4.78 is 27.2. The molecule has 5 nitrogen and oxygen atoms in total. The fourth-order valence-corrected chi connectivity index (χ4v) is 5.92. The molecule has 2 aliphatic rings. The molecule has 1 heterocycles. The van der Waals surface area contributed by atoms with Crippen molar-refractivity contribution in [2.45, 2.75) is 45.2 Å². The molecule has 31 heavy (non-hydrogen) atoms. The first-order chi connectivity index (χ1) is 14.6. The molecule has 0 aromatic heterocycles. The van der Waals surface area contributed by atoms with Crippen LogP contribution in [0.2, 0.25) is 5.02 Å². The lowest BCUT2D eigenvalue weighted by molar-refractivity contribution is -0.135. The van der Waals surface area contributed by atoms with E-state index < -0.39 is 10.0 Å². The fourth-order valence-electron chi connectivity index (χ4n) is 4.81. The van der Waals surface area contributed by atoms with E-state index in [4.69, 9.17) is 11.6 Å². The summed E-state index contributed by atoms with van der Waals surface area (Å²) in [5.41, 5.74) is 2.88. The van der Waals surface area contributed by atoms with Gasteiger partial charge in [0, 0.05) is 34.5 Å². The topological polar surface area (TPSA) is 66.5 Å². The second kappa shape index (κ2) is 8.23. The van der Waals surface area contributed by atoms with Gasteiger partial charge in [0.15, 0.2) is 0 Å². The van der Waals surface area contributed by atoms with Crippen LogP contribution in [0.15, 0.2) is 48.5 Å². The van der Waals surface area contributed by atoms with Gasteiger partial charge in [-0.25, -0.2) is 13.1 Å². The van der Waals surface area contributed by atoms with E-state index in [2.05, 4.69) is 10.8 Å². The van der Waals surface area contributed by atoms with E-state index >= 15 is 0 Å². The third-order valence-electron chi connectivity index (χ3n) is 6.50. The third kappa shape index (κ3) is 4.66. The van der Waals surface area contributed by atoms with Gasteiger partial charge in [0.25, 0.3) is 0 Å². The summed E-state index contributed by atoms with van der Waals surface area (Å²) in [6.45, 7) is 4.41. The van der Waals surface area contributed by atoms with Crippen molar-refractivity contribution in [1.82, 2.24) is 9.62 Å². The van der Waals surface area contributed by atoms with Crippen LogP contribution in [0, 0.1) is 11.3 Å². The van der Waals surface area contributed by atoms with Gasteiger partial charge in [-0.3, -0.25) is 4.79 Å². The number of carbonyl (C=O) groups excluding carboxylic acids is 1. The SMILES string of the molecule is CC(C)C(=O)N1CC2(CC2)C(NS(C)(=O)=O)C1Cc1cccc(-c2ccccc2Cl)c1. The molecule has 2 aromatic rings. The molecule has 1 saturated carbocycles. The smallest absolute Gasteiger partial charge is 0.225 e. The van der Waals surface area contributed by atoms with Crippen LogP contribution in [0.5, 0.6) is 0 Å². The molecule has 2 aromatic carbocycles. The molecule has 2 atom stereocenters. The maximum absolute atomic E-state index is 13.0. The largest absolute Gasteiger partial charge is 0.337 e. The zero-order valence-corrected chi connectivity index (χ0v) is 19.7. The molecule has 2 fully saturated rings. The highest BCUT2D eigenvalue weighted by molar-refractivity contribution is 7.88. The van der Waals surface area contributed by atoms with Crippen molar-refractivity contribution in [3.05, 3.63) is 59.1 Å². The molecule has 1 amide bonds. The van der Waals surface area contributed by atoms with Crippen LogP contribution >= 0.6 is 11.6 Å². The standard InChI is InChI=1S/C24H29ClN2O3S/c1-16(2)23(28)27-15-24(11-12-24)22(26-31(3,29)30)21(27)14-17-7-6-8-18(13-17)19-9-4-5-10-20(19)25/h4-10,13,16,21-22,26H,11-12,14-15H2,1-3H3. The van der Waals surface area contributed by atoms with Crippen LogP contribution in [0.4, 0.5) is 0 Å². The summed E-state index contributed by atoms with van der Waals surface area (Å²) in [6, 6.07) is 15.4. The number of hydrogen-bond acceptors (Lipinski definition) is 3. The van der Waals surface area contributed by atoms with E-state index in [1.807, 2.05) is 61.2 Å². The lowest BCUT2D eigenvalue weighted by atomic mass is 9.91. The van der Waals surface area contributed by atoms with Gasteiger partial charge in [0.1, 0.15) is 0 Å². The first-order valence-corrected chi connectivity index (χ1v) is 13.0. The highest BCUT2D eigenvalue weighted by Crippen LogP contribution is 2.55. The van der Waals surface area contributed by atoms with Crippen LogP contribution in [-0.2, 0) is 21.2 Å². The average molecular weight is 461 g/mol. The molecule has 1 saturated heterocycles. The quantitative estimate of drug-likeness (QED) is 0.705. The number of nitrogens with one attached hydrogen (secondary N) is 1. The Morgan fingerprint density at radius 3 is 2.52 bits per heavy atom. The van der Waals surface area contributed by atoms with Crippen molar-refractivity contribution < 1.29 is 13.2 Å². The van der Waals surface area contributed by atoms with Gasteiger partial charge in [0.2, 0.25) is 15.9 Å². The second-order valence-electron chi connectivity index (χ2n) is 9.30. The first kappa shape index (κ1) is 22.3. The van der Waals surface area contributed by atoms with Crippen LogP contribution in [0.1, 0.15) is 32.3 Å². The number of carbonyl (C=O) groups is 1. The summed E-state index contributed by atoms with van der Waals surface area (Å²) in [5, 5.41) is 0.686. The number of hydrogen-bond donors (Lipinski definition) is 1. The Kier molecular flexibility index (Phi) is 5.92. The van der Waals surface area contributed by atoms with E-state index in [1.54, 1.807) is 0 Å². The minimum atomic E-state index is -3.40. The lowest BCUT2D eigenvalue weighted by Gasteiger charge is -2.30. The van der Waals surface area contributed by atoms with Crippen molar-refractivity contribution >= 4 is 27.5 Å². The molecule has 0 bridgehead atoms. The van der Waals surface area contributed by atoms with E-state index in [-0.39, 0.29) is 29.3 Å². The predicted octanol–water partition coefficient (Wildman–Crippen LogP) is 4.11. The Bertz CT molecular complexity index is 1100. The second-order valence-corrected chi connectivity index (χ2v) is 11.5. The summed E-state index contributed by atoms with van der Waals surface area (Å²) in [7, 11) is -3.40. The summed E-state index contributed by atoms with van der Waals surface area (Å²) >= 11 is 6.39. The Balaban J connectivity index is 1.68. The van der Waals surface area contributed by atoms with E-state index in [1.165, 1.54) is 6.26 Å². The van der Waals surface area contributed by atoms with Gasteiger partial charge in [0.05, 0.1) is 12.3 Å². The van der Waals surface area contributed by atoms with Crippen molar-refractivity contribution in [2.24, 2.45) is 11.3 Å². The first-order valence-electron chi connectivity index (χ1n) is 10.7. The number of nitrogens with zero attached hydrogens (tertiary/aromatic N) is 1. The molecule has 1 spiro atoms. The van der Waals surface area contributed by atoms with Crippen LogP contribution in [0.3, 0.4) is 0 Å². The van der Waals surface area contributed by atoms with Crippen LogP contribution in [0.25, 0.3) is 11.1 Å². The van der Waals surface area contributed by atoms with Crippen molar-refractivity contribution in [3.63, 3.8) is 0 Å². The Morgan fingerprint density at radius 2 is 1.90 bits per heavy atom. The minimum absolute atomic E-state index is 0.0799. The van der Waals surface area contributed by atoms with Gasteiger partial charge in [-0.15, -0.1) is 0 Å². The van der Waals surface area contributed by atoms with Gasteiger partial charge >= 0.3 is 0 Å². The number of amides is 1. The molecule has 4 rings (SSSR count). The van der Waals surface area contributed by atoms with Crippen molar-refractivity contribution in [2.75, 3.05) is 12.8 Å². The van der Waals surface area contributed by atoms with Crippen LogP contribution in [-0.4, -0.2) is 44.1 Å². The summed E-state index contributed by atoms with van der Waals surface area (Å²) in [5.74, 6) is -0.0546. The Labute approximate surface area is 189 Å². The summed E-state index contributed by atoms with van der Waals surface area (Å²) in [6.07, 6.45) is 3.67. The van der Waals surface area contributed by atoms with Gasteiger partial charge < -0.3 is 4.90 Å². The molecule has 2 unspecified atom stereocenters. The number of likely N-dealkylation sites (tertiary alicyclic amines) is 1. The highest BCUT2D eigenvalue weighted by atomic mass is 35.5. The molecule has 1 aliphatic carbocycles. The van der Waals surface area contributed by atoms with Crippen LogP contribution < -0.4 is 4.72 Å². The zero-order valence-electron chi connectivity index (χ0n) is 18.1. The lowest BCUT2D eigenvalue weighted by Crippen LogP contribution is -2.50. The molecule has 0 radical (unpaired) electrons. The molecule has 1 N–H and O–H groups in total. The third-order valence-corrected chi connectivity index (χ3v) is 7.51. The monoisotopic (exact) mass is 460 g/mol. The zero-order chi connectivity index (χ0) is 22.4. The highest BCUT2D eigenvalue weighted by Gasteiger charge is 2.61. The molecule has 1 aliphatic heterocycles. The Hall–Kier alpha value is -1.89.